The lowest BCUT2D eigenvalue weighted by atomic mass is 9.99. The quantitative estimate of drug-likeness (QED) is 0.130. The van der Waals surface area contributed by atoms with E-state index in [4.69, 9.17) is 20.2 Å². The molecule has 0 atom stereocenters. The van der Waals surface area contributed by atoms with E-state index in [2.05, 4.69) is 41.9 Å². The normalized spacial score (nSPS) is 14.6. The van der Waals surface area contributed by atoms with Crippen molar-refractivity contribution in [3.8, 4) is 0 Å². The maximum atomic E-state index is 12.2. The average molecular weight is 720 g/mol. The number of ether oxygens (including phenoxy) is 3. The van der Waals surface area contributed by atoms with E-state index in [9.17, 15) is 26.3 Å². The van der Waals surface area contributed by atoms with Gasteiger partial charge in [0.25, 0.3) is 0 Å². The van der Waals surface area contributed by atoms with Crippen molar-refractivity contribution in [3.63, 3.8) is 0 Å². The van der Waals surface area contributed by atoms with Gasteiger partial charge in [-0.2, -0.15) is 26.3 Å². The van der Waals surface area contributed by atoms with Crippen molar-refractivity contribution in [2.24, 2.45) is 0 Å². The molecule has 2 heterocycles. The molecule has 0 spiro atoms. The molecule has 0 unspecified atom stereocenters. The Morgan fingerprint density at radius 2 is 1.54 bits per heavy atom. The highest BCUT2D eigenvalue weighted by Gasteiger charge is 2.28. The van der Waals surface area contributed by atoms with Crippen LogP contribution in [0.4, 0.5) is 37.7 Å². The fourth-order valence-electron chi connectivity index (χ4n) is 4.09. The number of nitrogen functional groups attached to an aromatic ring is 1. The minimum absolute atomic E-state index is 0.00625. The number of alkyl halides is 6. The van der Waals surface area contributed by atoms with E-state index in [1.165, 1.54) is 0 Å². The first-order valence-corrected chi connectivity index (χ1v) is 14.2. The van der Waals surface area contributed by atoms with Gasteiger partial charge in [0, 0.05) is 41.2 Å². The van der Waals surface area contributed by atoms with Crippen molar-refractivity contribution in [1.29, 1.82) is 0 Å². The van der Waals surface area contributed by atoms with E-state index in [0.29, 0.717) is 31.1 Å². The molecule has 3 aromatic rings. The highest BCUT2D eigenvalue weighted by Crippen LogP contribution is 2.31. The Bertz CT molecular complexity index is 1250. The second kappa shape index (κ2) is 15.4. The summed E-state index contributed by atoms with van der Waals surface area (Å²) < 4.78 is 90.3. The summed E-state index contributed by atoms with van der Waals surface area (Å²) in [6, 6.07) is 11.0. The number of anilines is 2. The van der Waals surface area contributed by atoms with Gasteiger partial charge in [0.15, 0.2) is 0 Å². The van der Waals surface area contributed by atoms with Gasteiger partial charge in [0.2, 0.25) is 0 Å². The van der Waals surface area contributed by atoms with Gasteiger partial charge in [-0.25, -0.2) is 4.98 Å². The lowest BCUT2D eigenvalue weighted by Crippen LogP contribution is -2.21. The molecule has 2 aromatic carbocycles. The zero-order chi connectivity index (χ0) is 30.0. The van der Waals surface area contributed by atoms with Crippen LogP contribution in [0.2, 0.25) is 0 Å². The molecule has 228 valence electrons. The first kappa shape index (κ1) is 33.4. The van der Waals surface area contributed by atoms with E-state index in [1.807, 2.05) is 22.8 Å². The third-order valence-electron chi connectivity index (χ3n) is 5.89. The van der Waals surface area contributed by atoms with Crippen LogP contribution in [0.1, 0.15) is 24.6 Å². The molecule has 41 heavy (non-hydrogen) atoms. The summed E-state index contributed by atoms with van der Waals surface area (Å²) in [6.45, 7) is -0.533. The molecule has 3 N–H and O–H groups in total. The number of benzene rings is 2. The lowest BCUT2D eigenvalue weighted by Gasteiger charge is -2.22. The van der Waals surface area contributed by atoms with Gasteiger partial charge in [-0.05, 0) is 49.2 Å². The van der Waals surface area contributed by atoms with Crippen LogP contribution in [-0.4, -0.2) is 68.1 Å². The van der Waals surface area contributed by atoms with Gasteiger partial charge in [0.1, 0.15) is 19.0 Å². The molecular weight excluding hydrogens is 690 g/mol. The van der Waals surface area contributed by atoms with Gasteiger partial charge in [-0.3, -0.25) is 0 Å². The Morgan fingerprint density at radius 3 is 2.20 bits per heavy atom. The van der Waals surface area contributed by atoms with Crippen LogP contribution < -0.4 is 11.1 Å². The van der Waals surface area contributed by atoms with Crippen molar-refractivity contribution >= 4 is 54.3 Å². The Balaban J connectivity index is 0.000000241. The third kappa shape index (κ3) is 11.6. The molecule has 1 saturated heterocycles. The van der Waals surface area contributed by atoms with Crippen LogP contribution in [0.25, 0.3) is 11.0 Å². The van der Waals surface area contributed by atoms with Crippen molar-refractivity contribution in [2.45, 2.75) is 37.7 Å². The molecule has 15 heteroatoms. The number of hydrogen-bond donors (Lipinski definition) is 2. The molecule has 0 aliphatic carbocycles. The van der Waals surface area contributed by atoms with E-state index in [1.54, 1.807) is 18.2 Å². The van der Waals surface area contributed by atoms with Crippen LogP contribution in [-0.2, 0) is 20.8 Å². The number of nitrogens with one attached hydrogen (secondary N) is 1. The minimum atomic E-state index is -4.30. The summed E-state index contributed by atoms with van der Waals surface area (Å²) in [5, 5.41) is 2.89. The van der Waals surface area contributed by atoms with Crippen molar-refractivity contribution in [2.75, 3.05) is 57.2 Å². The maximum absolute atomic E-state index is 12.2. The van der Waals surface area contributed by atoms with Crippen LogP contribution >= 0.6 is 31.9 Å². The largest absolute Gasteiger partial charge is 0.411 e. The number of hydrogen-bond acceptors (Lipinski definition) is 6. The number of nitrogens with zero attached hydrogens (tertiary/aromatic N) is 2. The van der Waals surface area contributed by atoms with Crippen LogP contribution in [0.5, 0.6) is 0 Å². The van der Waals surface area contributed by atoms with E-state index >= 15 is 0 Å². The van der Waals surface area contributed by atoms with E-state index in [-0.39, 0.29) is 25.7 Å². The van der Waals surface area contributed by atoms with Crippen LogP contribution in [0, 0.1) is 0 Å². The number of halogens is 8. The van der Waals surface area contributed by atoms with Gasteiger partial charge >= 0.3 is 12.4 Å². The molecule has 1 aliphatic heterocycles. The van der Waals surface area contributed by atoms with Crippen molar-refractivity contribution < 1.29 is 40.6 Å². The molecule has 4 rings (SSSR count). The zero-order valence-corrected chi connectivity index (χ0v) is 25.0. The summed E-state index contributed by atoms with van der Waals surface area (Å²) in [7, 11) is 0. The van der Waals surface area contributed by atoms with E-state index in [0.717, 1.165) is 38.6 Å². The standard InChI is InChI=1S/C16H18BrF3N2O2.C10H12BrF3N2O/c17-12-1-2-13-14(9-12)22(5-8-24-10-16(18,19)20)15(21-13)11-3-6-23-7-4-11;11-7-1-2-8(15)9(5-7)16-3-4-17-6-10(12,13)14/h1-2,9,11H,3-8,10H2;1-2,5,16H,3-4,6,15H2. The molecule has 1 fully saturated rings. The highest BCUT2D eigenvalue weighted by molar-refractivity contribution is 9.10. The Kier molecular flexibility index (Phi) is 12.6. The zero-order valence-electron chi connectivity index (χ0n) is 21.8. The molecule has 1 aromatic heterocycles. The monoisotopic (exact) mass is 718 g/mol. The van der Waals surface area contributed by atoms with Gasteiger partial charge < -0.3 is 29.8 Å². The van der Waals surface area contributed by atoms with Gasteiger partial charge in [-0.15, -0.1) is 0 Å². The second-order valence-corrected chi connectivity index (χ2v) is 11.0. The van der Waals surface area contributed by atoms with Crippen molar-refractivity contribution in [3.05, 3.63) is 51.2 Å². The second-order valence-electron chi connectivity index (χ2n) is 9.14. The molecule has 7 nitrogen and oxygen atoms in total. The topological polar surface area (TPSA) is 83.6 Å². The Hall–Kier alpha value is -2.07. The number of rotatable bonds is 10. The molecule has 0 amide bonds. The Morgan fingerprint density at radius 1 is 0.927 bits per heavy atom. The highest BCUT2D eigenvalue weighted by atomic mass is 79.9. The first-order chi connectivity index (χ1) is 19.3. The van der Waals surface area contributed by atoms with Gasteiger partial charge in [0.05, 0.1) is 35.6 Å². The number of fused-ring (bicyclic) bond motifs is 1. The smallest absolute Gasteiger partial charge is 0.397 e. The van der Waals surface area contributed by atoms with Crippen LogP contribution in [0.3, 0.4) is 0 Å². The number of aromatic nitrogens is 2. The summed E-state index contributed by atoms with van der Waals surface area (Å²) in [4.78, 5) is 4.71. The SMILES string of the molecule is FC(F)(F)COCCn1c(C2CCOCC2)nc2ccc(Br)cc21.Nc1ccc(Br)cc1NCCOCC(F)(F)F. The average Bonchev–Trinajstić information content (AvgIpc) is 3.25. The Labute approximate surface area is 250 Å². The summed E-state index contributed by atoms with van der Waals surface area (Å²) in [5.41, 5.74) is 8.61. The van der Waals surface area contributed by atoms with Crippen LogP contribution in [0.15, 0.2) is 45.3 Å². The number of nitrogens with two attached hydrogens (primary N) is 1. The maximum Gasteiger partial charge on any atom is 0.411 e. The van der Waals surface area contributed by atoms with E-state index < -0.39 is 25.6 Å². The molecule has 0 bridgehead atoms. The molecular formula is C26H30Br2F6N4O3. The summed E-state index contributed by atoms with van der Waals surface area (Å²) >= 11 is 6.71. The van der Waals surface area contributed by atoms with Crippen molar-refractivity contribution in [1.82, 2.24) is 9.55 Å². The first-order valence-electron chi connectivity index (χ1n) is 12.6. The summed E-state index contributed by atoms with van der Waals surface area (Å²) in [5.74, 6) is 1.16. The minimum Gasteiger partial charge on any atom is -0.397 e. The molecule has 1 aliphatic rings. The third-order valence-corrected chi connectivity index (χ3v) is 6.88. The fraction of sp³-hybridized carbons (Fsp3) is 0.500. The lowest BCUT2D eigenvalue weighted by molar-refractivity contribution is -0.174. The fourth-order valence-corrected chi connectivity index (χ4v) is 4.80. The molecule has 0 radical (unpaired) electrons. The predicted molar refractivity (Wildman–Crippen MR) is 151 cm³/mol. The molecule has 0 saturated carbocycles. The number of imidazole rings is 1. The summed E-state index contributed by atoms with van der Waals surface area (Å²) in [6.07, 6.45) is -6.85. The van der Waals surface area contributed by atoms with Gasteiger partial charge in [-0.1, -0.05) is 31.9 Å². The predicted octanol–water partition coefficient (Wildman–Crippen LogP) is 7.29.